The average molecular weight is 559 g/mol. The highest BCUT2D eigenvalue weighted by molar-refractivity contribution is 7.92. The number of fused-ring (bicyclic) bond motifs is 1. The summed E-state index contributed by atoms with van der Waals surface area (Å²) < 4.78 is 42.4. The highest BCUT2D eigenvalue weighted by atomic mass is 32.2. The first-order chi connectivity index (χ1) is 18.9. The van der Waals surface area contributed by atoms with Crippen LogP contribution in [0.25, 0.3) is 10.2 Å². The van der Waals surface area contributed by atoms with E-state index >= 15 is 0 Å². The van der Waals surface area contributed by atoms with Gasteiger partial charge in [-0.3, -0.25) is 9.10 Å². The highest BCUT2D eigenvalue weighted by Gasteiger charge is 2.25. The monoisotopic (exact) mass is 558 g/mol. The number of carbonyl (C=O) groups excluding carboxylic acids is 1. The molecular formula is C29H23FN4O3S2. The molecule has 0 aliphatic rings. The zero-order chi connectivity index (χ0) is 27.4. The Kier molecular flexibility index (Phi) is 7.49. The maximum Gasteiger partial charge on any atom is 0.280 e. The van der Waals surface area contributed by atoms with E-state index in [1.807, 2.05) is 36.4 Å². The SMILES string of the molecule is CCN(c1ccccc1)S(=O)(=O)c1ccc(C(=O)N(/N=C/c2ccccc2)c2nc3ccc(F)cc3s2)cc1. The maximum absolute atomic E-state index is 13.8. The first-order valence-corrected chi connectivity index (χ1v) is 14.3. The van der Waals surface area contributed by atoms with E-state index in [0.29, 0.717) is 15.9 Å². The number of thiazole rings is 1. The number of hydrazone groups is 1. The molecule has 0 radical (unpaired) electrons. The van der Waals surface area contributed by atoms with Crippen molar-refractivity contribution >= 4 is 54.5 Å². The van der Waals surface area contributed by atoms with Gasteiger partial charge in [0.2, 0.25) is 5.13 Å². The maximum atomic E-state index is 13.8. The van der Waals surface area contributed by atoms with Crippen LogP contribution in [0, 0.1) is 5.82 Å². The van der Waals surface area contributed by atoms with Crippen LogP contribution >= 0.6 is 11.3 Å². The lowest BCUT2D eigenvalue weighted by atomic mass is 10.2. The lowest BCUT2D eigenvalue weighted by Crippen LogP contribution is -2.31. The molecule has 0 bridgehead atoms. The van der Waals surface area contributed by atoms with Crippen LogP contribution in [0.15, 0.2) is 113 Å². The normalized spacial score (nSPS) is 11.6. The van der Waals surface area contributed by atoms with Crippen molar-refractivity contribution in [3.63, 3.8) is 0 Å². The molecule has 39 heavy (non-hydrogen) atoms. The first-order valence-electron chi connectivity index (χ1n) is 12.0. The minimum absolute atomic E-state index is 0.0551. The fourth-order valence-corrected chi connectivity index (χ4v) is 6.35. The van der Waals surface area contributed by atoms with Gasteiger partial charge in [-0.1, -0.05) is 59.9 Å². The Labute approximate surface area is 229 Å². The van der Waals surface area contributed by atoms with Crippen molar-refractivity contribution in [1.29, 1.82) is 0 Å². The van der Waals surface area contributed by atoms with E-state index in [1.165, 1.54) is 46.9 Å². The van der Waals surface area contributed by atoms with E-state index in [2.05, 4.69) is 10.1 Å². The number of sulfonamides is 1. The first kappa shape index (κ1) is 26.2. The Morgan fingerprint density at radius 2 is 1.62 bits per heavy atom. The Morgan fingerprint density at radius 3 is 2.28 bits per heavy atom. The third-order valence-electron chi connectivity index (χ3n) is 5.86. The lowest BCUT2D eigenvalue weighted by Gasteiger charge is -2.23. The number of benzene rings is 4. The molecule has 0 aliphatic heterocycles. The Bertz CT molecular complexity index is 1740. The van der Waals surface area contributed by atoms with Crippen molar-refractivity contribution in [1.82, 2.24) is 4.98 Å². The number of nitrogens with zero attached hydrogens (tertiary/aromatic N) is 4. The molecule has 5 rings (SSSR count). The predicted molar refractivity (Wildman–Crippen MR) is 154 cm³/mol. The molecule has 0 fully saturated rings. The molecule has 7 nitrogen and oxygen atoms in total. The molecule has 0 spiro atoms. The molecule has 1 amide bonds. The van der Waals surface area contributed by atoms with E-state index < -0.39 is 21.7 Å². The molecule has 0 saturated heterocycles. The largest absolute Gasteiger partial charge is 0.280 e. The minimum Gasteiger partial charge on any atom is -0.267 e. The molecule has 196 valence electrons. The number of aromatic nitrogens is 1. The van der Waals surface area contributed by atoms with Gasteiger partial charge in [0.05, 0.1) is 27.0 Å². The van der Waals surface area contributed by atoms with Crippen LogP contribution in [-0.2, 0) is 10.0 Å². The van der Waals surface area contributed by atoms with E-state index in [-0.39, 0.29) is 22.1 Å². The number of hydrogen-bond donors (Lipinski definition) is 0. The summed E-state index contributed by atoms with van der Waals surface area (Å²) in [6, 6.07) is 28.0. The summed E-state index contributed by atoms with van der Waals surface area (Å²) in [6.07, 6.45) is 1.53. The number of hydrogen-bond acceptors (Lipinski definition) is 6. The lowest BCUT2D eigenvalue weighted by molar-refractivity contribution is 0.0987. The minimum atomic E-state index is -3.85. The van der Waals surface area contributed by atoms with Gasteiger partial charge in [-0.25, -0.2) is 17.8 Å². The zero-order valence-electron chi connectivity index (χ0n) is 20.8. The summed E-state index contributed by atoms with van der Waals surface area (Å²) in [4.78, 5) is 18.2. The van der Waals surface area contributed by atoms with Crippen molar-refractivity contribution in [2.75, 3.05) is 15.9 Å². The quantitative estimate of drug-likeness (QED) is 0.165. The highest BCUT2D eigenvalue weighted by Crippen LogP contribution is 2.31. The van der Waals surface area contributed by atoms with Gasteiger partial charge in [0.1, 0.15) is 5.82 Å². The number of halogens is 1. The fourth-order valence-electron chi connectivity index (χ4n) is 3.93. The van der Waals surface area contributed by atoms with Gasteiger partial charge in [-0.15, -0.1) is 0 Å². The van der Waals surface area contributed by atoms with Gasteiger partial charge >= 0.3 is 0 Å². The smallest absolute Gasteiger partial charge is 0.267 e. The van der Waals surface area contributed by atoms with E-state index in [4.69, 9.17) is 0 Å². The average Bonchev–Trinajstić information content (AvgIpc) is 3.37. The van der Waals surface area contributed by atoms with Crippen molar-refractivity contribution in [2.24, 2.45) is 5.10 Å². The summed E-state index contributed by atoms with van der Waals surface area (Å²) in [7, 11) is -3.85. The second kappa shape index (κ2) is 11.1. The fraction of sp³-hybridized carbons (Fsp3) is 0.0690. The Balaban J connectivity index is 1.49. The van der Waals surface area contributed by atoms with Gasteiger partial charge in [0.25, 0.3) is 15.9 Å². The predicted octanol–water partition coefficient (Wildman–Crippen LogP) is 6.33. The molecule has 5 aromatic rings. The zero-order valence-corrected chi connectivity index (χ0v) is 22.4. The van der Waals surface area contributed by atoms with E-state index in [9.17, 15) is 17.6 Å². The molecule has 0 unspecified atom stereocenters. The number of para-hydroxylation sites is 1. The van der Waals surface area contributed by atoms with Crippen LogP contribution in [0.5, 0.6) is 0 Å². The number of amides is 1. The van der Waals surface area contributed by atoms with Crippen molar-refractivity contribution in [3.8, 4) is 0 Å². The molecule has 10 heteroatoms. The molecule has 0 saturated carbocycles. The van der Waals surface area contributed by atoms with Gasteiger partial charge in [0.15, 0.2) is 0 Å². The summed E-state index contributed by atoms with van der Waals surface area (Å²) in [5, 5.41) is 5.79. The molecule has 0 N–H and O–H groups in total. The molecule has 4 aromatic carbocycles. The third-order valence-corrected chi connectivity index (χ3v) is 8.77. The molecule has 0 aliphatic carbocycles. The van der Waals surface area contributed by atoms with Gasteiger partial charge < -0.3 is 0 Å². The standard InChI is InChI=1S/C29H23FN4O3S2/c1-2-33(24-11-7-4-8-12-24)39(36,37)25-16-13-22(14-17-25)28(35)34(31-20-21-9-5-3-6-10-21)29-32-26-18-15-23(30)19-27(26)38-29/h3-20H,2H2,1H3/b31-20+. The Hall–Kier alpha value is -4.41. The summed E-state index contributed by atoms with van der Waals surface area (Å²) >= 11 is 1.13. The van der Waals surface area contributed by atoms with Gasteiger partial charge in [-0.05, 0) is 67.1 Å². The van der Waals surface area contributed by atoms with E-state index in [0.717, 1.165) is 21.9 Å². The van der Waals surface area contributed by atoms with E-state index in [1.54, 1.807) is 37.3 Å². The molecule has 0 atom stereocenters. The summed E-state index contributed by atoms with van der Waals surface area (Å²) in [5.74, 6) is -0.919. The van der Waals surface area contributed by atoms with Gasteiger partial charge in [0, 0.05) is 12.1 Å². The van der Waals surface area contributed by atoms with Gasteiger partial charge in [-0.2, -0.15) is 10.1 Å². The van der Waals surface area contributed by atoms with Crippen LogP contribution in [0.3, 0.4) is 0 Å². The number of rotatable bonds is 8. The Morgan fingerprint density at radius 1 is 0.949 bits per heavy atom. The number of carbonyl (C=O) groups is 1. The van der Waals surface area contributed by atoms with Crippen molar-refractivity contribution in [2.45, 2.75) is 11.8 Å². The summed E-state index contributed by atoms with van der Waals surface area (Å²) in [5.41, 5.74) is 2.07. The third kappa shape index (κ3) is 5.57. The van der Waals surface area contributed by atoms with Crippen molar-refractivity contribution < 1.29 is 17.6 Å². The van der Waals surface area contributed by atoms with Crippen LogP contribution < -0.4 is 9.31 Å². The van der Waals surface area contributed by atoms with Crippen molar-refractivity contribution in [3.05, 3.63) is 120 Å². The van der Waals surface area contributed by atoms with Crippen LogP contribution in [0.2, 0.25) is 0 Å². The van der Waals surface area contributed by atoms with Crippen LogP contribution in [-0.4, -0.2) is 32.1 Å². The molecule has 1 heterocycles. The molecule has 1 aromatic heterocycles. The second-order valence-corrected chi connectivity index (χ2v) is 11.3. The summed E-state index contributed by atoms with van der Waals surface area (Å²) in [6.45, 7) is 2.00. The van der Waals surface area contributed by atoms with Crippen LogP contribution in [0.4, 0.5) is 15.2 Å². The molecular weight excluding hydrogens is 535 g/mol. The number of anilines is 2. The second-order valence-electron chi connectivity index (χ2n) is 8.41. The topological polar surface area (TPSA) is 82.9 Å². The van der Waals surface area contributed by atoms with Crippen LogP contribution in [0.1, 0.15) is 22.8 Å².